The van der Waals surface area contributed by atoms with Crippen molar-refractivity contribution in [2.24, 2.45) is 0 Å². The highest BCUT2D eigenvalue weighted by molar-refractivity contribution is 6.08. The quantitative estimate of drug-likeness (QED) is 0.739. The van der Waals surface area contributed by atoms with Crippen LogP contribution in [0.2, 0.25) is 0 Å². The number of esters is 1. The first kappa shape index (κ1) is 17.7. The molecule has 2 N–H and O–H groups in total. The summed E-state index contributed by atoms with van der Waals surface area (Å²) in [6, 6.07) is 4.43. The number of β-amino-alcohol motifs (C(OH)–C–C–N with tert-alkyl or cyclic N) is 1. The maximum absolute atomic E-state index is 14.1. The van der Waals surface area contributed by atoms with Crippen molar-refractivity contribution in [3.63, 3.8) is 0 Å². The van der Waals surface area contributed by atoms with Crippen LogP contribution in [0.4, 0.5) is 15.8 Å². The van der Waals surface area contributed by atoms with Crippen LogP contribution < -0.4 is 10.2 Å². The van der Waals surface area contributed by atoms with Crippen molar-refractivity contribution in [3.8, 4) is 0 Å². The van der Waals surface area contributed by atoms with Gasteiger partial charge in [0.15, 0.2) is 0 Å². The van der Waals surface area contributed by atoms with Gasteiger partial charge in [-0.2, -0.15) is 0 Å². The molecular weight excluding hydrogens is 317 g/mol. The van der Waals surface area contributed by atoms with Gasteiger partial charge in [-0.3, -0.25) is 4.79 Å². The summed E-state index contributed by atoms with van der Waals surface area (Å²) in [4.78, 5) is 27.2. The number of methoxy groups -OCH3 is 1. The fourth-order valence-corrected chi connectivity index (χ4v) is 2.44. The van der Waals surface area contributed by atoms with Crippen LogP contribution in [0.15, 0.2) is 29.5 Å². The number of nitrogens with one attached hydrogen (secondary N) is 1. The van der Waals surface area contributed by atoms with Gasteiger partial charge in [0, 0.05) is 26.3 Å². The summed E-state index contributed by atoms with van der Waals surface area (Å²) in [6.45, 7) is -0.0925. The van der Waals surface area contributed by atoms with Crippen LogP contribution in [-0.4, -0.2) is 62.8 Å². The number of rotatable bonds is 6. The van der Waals surface area contributed by atoms with Gasteiger partial charge in [0.25, 0.3) is 5.91 Å². The number of hydrogen-bond donors (Lipinski definition) is 2. The van der Waals surface area contributed by atoms with Crippen molar-refractivity contribution in [2.75, 3.05) is 51.1 Å². The van der Waals surface area contributed by atoms with Crippen molar-refractivity contribution in [1.29, 1.82) is 0 Å². The van der Waals surface area contributed by atoms with E-state index >= 15 is 0 Å². The Hall–Kier alpha value is -2.61. The van der Waals surface area contributed by atoms with Crippen molar-refractivity contribution >= 4 is 23.3 Å². The highest BCUT2D eigenvalue weighted by Crippen LogP contribution is 2.26. The summed E-state index contributed by atoms with van der Waals surface area (Å²) in [5.74, 6) is -1.54. The fourth-order valence-electron chi connectivity index (χ4n) is 2.44. The molecule has 0 aliphatic carbocycles. The molecule has 0 fully saturated rings. The lowest BCUT2D eigenvalue weighted by molar-refractivity contribution is -0.136. The Labute approximate surface area is 139 Å². The zero-order valence-corrected chi connectivity index (χ0v) is 13.8. The smallest absolute Gasteiger partial charge is 0.337 e. The zero-order valence-electron chi connectivity index (χ0n) is 13.8. The lowest BCUT2D eigenvalue weighted by atomic mass is 10.2. The summed E-state index contributed by atoms with van der Waals surface area (Å²) in [5, 5.41) is 11.8. The zero-order chi connectivity index (χ0) is 17.9. The molecule has 2 rings (SSSR count). The van der Waals surface area contributed by atoms with Crippen LogP contribution in [0.1, 0.15) is 0 Å². The molecule has 1 amide bonds. The Balaban J connectivity index is 2.31. The third kappa shape index (κ3) is 3.48. The van der Waals surface area contributed by atoms with E-state index in [2.05, 4.69) is 5.32 Å². The number of carbonyl (C=O) groups is 2. The minimum atomic E-state index is -0.642. The van der Waals surface area contributed by atoms with Crippen molar-refractivity contribution in [2.45, 2.75) is 0 Å². The van der Waals surface area contributed by atoms with E-state index in [9.17, 15) is 14.0 Å². The lowest BCUT2D eigenvalue weighted by Gasteiger charge is -2.16. The summed E-state index contributed by atoms with van der Waals surface area (Å²) >= 11 is 0. The molecule has 1 aromatic carbocycles. The standard InChI is InChI=1S/C16H20FN3O4/c1-19(2)13-5-4-10(8-12(13)17)18-14-11(16(23)24-3)9-20(6-7-21)15(14)22/h4-5,8,18,21H,6-7,9H2,1-3H3. The van der Waals surface area contributed by atoms with E-state index in [-0.39, 0.29) is 31.0 Å². The Morgan fingerprint density at radius 1 is 1.46 bits per heavy atom. The summed E-state index contributed by atoms with van der Waals surface area (Å²) in [6.07, 6.45) is 0. The monoisotopic (exact) mass is 337 g/mol. The maximum Gasteiger partial charge on any atom is 0.337 e. The molecule has 1 aliphatic rings. The van der Waals surface area contributed by atoms with Gasteiger partial charge in [-0.15, -0.1) is 0 Å². The maximum atomic E-state index is 14.1. The number of ether oxygens (including phenoxy) is 1. The molecule has 0 radical (unpaired) electrons. The molecule has 1 aromatic rings. The number of benzene rings is 1. The van der Waals surface area contributed by atoms with Gasteiger partial charge in [-0.05, 0) is 18.2 Å². The Morgan fingerprint density at radius 3 is 2.71 bits per heavy atom. The number of hydrogen-bond acceptors (Lipinski definition) is 6. The van der Waals surface area contributed by atoms with E-state index in [4.69, 9.17) is 9.84 Å². The molecule has 0 atom stereocenters. The highest BCUT2D eigenvalue weighted by Gasteiger charge is 2.34. The van der Waals surface area contributed by atoms with Gasteiger partial charge in [-0.25, -0.2) is 9.18 Å². The second-order valence-corrected chi connectivity index (χ2v) is 5.48. The predicted molar refractivity (Wildman–Crippen MR) is 87.1 cm³/mol. The molecule has 0 unspecified atom stereocenters. The lowest BCUT2D eigenvalue weighted by Crippen LogP contribution is -2.31. The van der Waals surface area contributed by atoms with Gasteiger partial charge in [-0.1, -0.05) is 0 Å². The molecule has 0 aromatic heterocycles. The second-order valence-electron chi connectivity index (χ2n) is 5.48. The van der Waals surface area contributed by atoms with Crippen LogP contribution >= 0.6 is 0 Å². The SMILES string of the molecule is COC(=O)C1=C(Nc2ccc(N(C)C)c(F)c2)C(=O)N(CCO)C1. The predicted octanol–water partition coefficient (Wildman–Crippen LogP) is 0.565. The van der Waals surface area contributed by atoms with Crippen LogP contribution in [0.3, 0.4) is 0 Å². The van der Waals surface area contributed by atoms with Crippen LogP contribution in [0, 0.1) is 5.82 Å². The number of anilines is 2. The van der Waals surface area contributed by atoms with Crippen LogP contribution in [0.25, 0.3) is 0 Å². The summed E-state index contributed by atoms with van der Waals surface area (Å²) in [5.41, 5.74) is 0.927. The third-order valence-electron chi connectivity index (χ3n) is 3.65. The minimum Gasteiger partial charge on any atom is -0.466 e. The average Bonchev–Trinajstić information content (AvgIpc) is 2.84. The first-order valence-electron chi connectivity index (χ1n) is 7.34. The minimum absolute atomic E-state index is 0.0344. The number of aliphatic hydroxyl groups is 1. The number of halogens is 1. The van der Waals surface area contributed by atoms with Crippen molar-refractivity contribution in [1.82, 2.24) is 4.90 Å². The van der Waals surface area contributed by atoms with E-state index in [0.717, 1.165) is 0 Å². The summed E-state index contributed by atoms with van der Waals surface area (Å²) in [7, 11) is 4.66. The van der Waals surface area contributed by atoms with E-state index in [1.807, 2.05) is 0 Å². The molecule has 0 bridgehead atoms. The van der Waals surface area contributed by atoms with E-state index in [1.54, 1.807) is 31.1 Å². The normalized spacial score (nSPS) is 14.2. The van der Waals surface area contributed by atoms with Gasteiger partial charge in [0.05, 0.1) is 31.5 Å². The number of aliphatic hydroxyl groups excluding tert-OH is 1. The Bertz CT molecular complexity index is 688. The topological polar surface area (TPSA) is 82.1 Å². The Morgan fingerprint density at radius 2 is 2.17 bits per heavy atom. The van der Waals surface area contributed by atoms with Gasteiger partial charge in [0.1, 0.15) is 11.5 Å². The molecule has 0 spiro atoms. The molecule has 130 valence electrons. The second kappa shape index (κ2) is 7.31. The van der Waals surface area contributed by atoms with E-state index in [0.29, 0.717) is 11.4 Å². The summed E-state index contributed by atoms with van der Waals surface area (Å²) < 4.78 is 18.8. The van der Waals surface area contributed by atoms with Crippen LogP contribution in [0.5, 0.6) is 0 Å². The molecule has 1 heterocycles. The molecular formula is C16H20FN3O4. The third-order valence-corrected chi connectivity index (χ3v) is 3.65. The largest absolute Gasteiger partial charge is 0.466 e. The molecule has 0 saturated heterocycles. The average molecular weight is 337 g/mol. The highest BCUT2D eigenvalue weighted by atomic mass is 19.1. The van der Waals surface area contributed by atoms with Gasteiger partial charge < -0.3 is 25.0 Å². The first-order valence-corrected chi connectivity index (χ1v) is 7.34. The number of amides is 1. The molecule has 0 saturated carbocycles. The van der Waals surface area contributed by atoms with Gasteiger partial charge in [0.2, 0.25) is 0 Å². The van der Waals surface area contributed by atoms with Gasteiger partial charge >= 0.3 is 5.97 Å². The molecule has 7 nitrogen and oxygen atoms in total. The van der Waals surface area contributed by atoms with E-state index < -0.39 is 17.7 Å². The number of nitrogens with zero attached hydrogens (tertiary/aromatic N) is 2. The molecule has 1 aliphatic heterocycles. The molecule has 8 heteroatoms. The van der Waals surface area contributed by atoms with E-state index in [1.165, 1.54) is 18.1 Å². The van der Waals surface area contributed by atoms with Crippen molar-refractivity contribution in [3.05, 3.63) is 35.3 Å². The first-order chi connectivity index (χ1) is 11.4. The molecule has 24 heavy (non-hydrogen) atoms. The van der Waals surface area contributed by atoms with Crippen LogP contribution in [-0.2, 0) is 14.3 Å². The van der Waals surface area contributed by atoms with Crippen molar-refractivity contribution < 1.29 is 23.8 Å². The number of carbonyl (C=O) groups excluding carboxylic acids is 2. The fraction of sp³-hybridized carbons (Fsp3) is 0.375. The Kier molecular flexibility index (Phi) is 5.40.